The molecule has 0 amide bonds. The highest BCUT2D eigenvalue weighted by Crippen LogP contribution is 2.25. The van der Waals surface area contributed by atoms with Crippen LogP contribution in [0.25, 0.3) is 5.52 Å². The molecule has 5 nitrogen and oxygen atoms in total. The lowest BCUT2D eigenvalue weighted by Crippen LogP contribution is -2.26. The second kappa shape index (κ2) is 6.62. The highest BCUT2D eigenvalue weighted by atomic mass is 35.5. The molecule has 21 heavy (non-hydrogen) atoms. The van der Waals surface area contributed by atoms with Crippen LogP contribution in [0.5, 0.6) is 0 Å². The summed E-state index contributed by atoms with van der Waals surface area (Å²) in [7, 11) is 1.69. The molecule has 0 saturated carbocycles. The monoisotopic (exact) mass is 310 g/mol. The van der Waals surface area contributed by atoms with Crippen molar-refractivity contribution in [2.75, 3.05) is 24.9 Å². The fraction of sp³-hybridized carbons (Fsp3) is 0.600. The Hall–Kier alpha value is -1.33. The molecule has 0 bridgehead atoms. The van der Waals surface area contributed by atoms with Crippen molar-refractivity contribution in [3.63, 3.8) is 0 Å². The Kier molecular flexibility index (Phi) is 5.06. The predicted octanol–water partition coefficient (Wildman–Crippen LogP) is 3.08. The van der Waals surface area contributed by atoms with Gasteiger partial charge in [-0.2, -0.15) is 5.10 Å². The van der Waals surface area contributed by atoms with Crippen LogP contribution in [-0.4, -0.2) is 40.2 Å². The van der Waals surface area contributed by atoms with Gasteiger partial charge in [0.1, 0.15) is 5.52 Å². The predicted molar refractivity (Wildman–Crippen MR) is 86.3 cm³/mol. The quantitative estimate of drug-likeness (QED) is 0.833. The number of halogens is 1. The largest absolute Gasteiger partial charge is 0.383 e. The number of aromatic nitrogens is 3. The number of methoxy groups -OCH3 is 1. The second-order valence-corrected chi connectivity index (χ2v) is 6.54. The van der Waals surface area contributed by atoms with Gasteiger partial charge in [0.15, 0.2) is 5.82 Å². The number of rotatable bonds is 6. The molecule has 1 N–H and O–H groups in total. The van der Waals surface area contributed by atoms with Crippen molar-refractivity contribution in [1.29, 1.82) is 0 Å². The summed E-state index contributed by atoms with van der Waals surface area (Å²) in [5.74, 6) is 1.39. The van der Waals surface area contributed by atoms with Gasteiger partial charge in [-0.15, -0.1) is 11.6 Å². The van der Waals surface area contributed by atoms with Gasteiger partial charge in [0.05, 0.1) is 18.3 Å². The van der Waals surface area contributed by atoms with E-state index in [1.54, 1.807) is 13.3 Å². The van der Waals surface area contributed by atoms with Crippen molar-refractivity contribution in [2.45, 2.75) is 38.6 Å². The molecule has 1 unspecified atom stereocenters. The zero-order valence-electron chi connectivity index (χ0n) is 13.1. The zero-order chi connectivity index (χ0) is 15.5. The lowest BCUT2D eigenvalue weighted by Gasteiger charge is -2.17. The molecule has 2 aromatic rings. The molecule has 1 atom stereocenters. The first kappa shape index (κ1) is 16.0. The molecule has 6 heteroatoms. The van der Waals surface area contributed by atoms with Crippen LogP contribution in [0.1, 0.15) is 32.9 Å². The molecule has 0 aliphatic carbocycles. The third-order valence-electron chi connectivity index (χ3n) is 3.32. The number of hydrogen-bond donors (Lipinski definition) is 1. The number of nitrogens with zero attached hydrogens (tertiary/aromatic N) is 3. The van der Waals surface area contributed by atoms with Crippen LogP contribution in [-0.2, 0) is 10.2 Å². The third-order valence-corrected chi connectivity index (χ3v) is 3.54. The zero-order valence-corrected chi connectivity index (χ0v) is 13.8. The Morgan fingerprint density at radius 3 is 2.81 bits per heavy atom. The lowest BCUT2D eigenvalue weighted by atomic mass is 9.92. The third kappa shape index (κ3) is 3.86. The molecule has 2 aromatic heterocycles. The molecule has 0 aromatic carbocycles. The molecule has 2 heterocycles. The van der Waals surface area contributed by atoms with Gasteiger partial charge < -0.3 is 10.1 Å². The fourth-order valence-corrected chi connectivity index (χ4v) is 2.39. The van der Waals surface area contributed by atoms with Crippen LogP contribution in [0.15, 0.2) is 18.5 Å². The Morgan fingerprint density at radius 2 is 2.19 bits per heavy atom. The minimum atomic E-state index is 0.00532. The van der Waals surface area contributed by atoms with E-state index in [4.69, 9.17) is 16.3 Å². The smallest absolute Gasteiger partial charge is 0.152 e. The van der Waals surface area contributed by atoms with E-state index >= 15 is 0 Å². The standard InChI is InChI=1S/C15H23ClN4O/c1-15(2,3)13-9-12-14(17-7-8-20(12)19-13)18-11(5-6-16)10-21-4/h7-9,11H,5-6,10H2,1-4H3,(H,17,18). The Bertz CT molecular complexity index is 585. The number of hydrogen-bond acceptors (Lipinski definition) is 4. The molecule has 116 valence electrons. The number of anilines is 1. The van der Waals surface area contributed by atoms with Gasteiger partial charge in [0.2, 0.25) is 0 Å². The van der Waals surface area contributed by atoms with Gasteiger partial charge in [-0.25, -0.2) is 9.50 Å². The van der Waals surface area contributed by atoms with Crippen molar-refractivity contribution in [3.05, 3.63) is 24.2 Å². The van der Waals surface area contributed by atoms with Gasteiger partial charge in [0, 0.05) is 30.8 Å². The molecule has 0 fully saturated rings. The Morgan fingerprint density at radius 1 is 1.43 bits per heavy atom. The maximum Gasteiger partial charge on any atom is 0.152 e. The van der Waals surface area contributed by atoms with E-state index in [1.165, 1.54) is 0 Å². The normalized spacial score (nSPS) is 13.6. The molecule has 0 aliphatic rings. The minimum absolute atomic E-state index is 0.00532. The first-order valence-electron chi connectivity index (χ1n) is 7.12. The minimum Gasteiger partial charge on any atom is -0.383 e. The number of alkyl halides is 1. The van der Waals surface area contributed by atoms with E-state index in [2.05, 4.69) is 42.2 Å². The summed E-state index contributed by atoms with van der Waals surface area (Å²) in [6.45, 7) is 7.04. The maximum absolute atomic E-state index is 5.85. The van der Waals surface area contributed by atoms with Crippen LogP contribution in [0.3, 0.4) is 0 Å². The Balaban J connectivity index is 2.33. The van der Waals surface area contributed by atoms with E-state index in [1.807, 2.05) is 10.7 Å². The molecule has 0 radical (unpaired) electrons. The number of nitrogens with one attached hydrogen (secondary N) is 1. The van der Waals surface area contributed by atoms with Crippen molar-refractivity contribution in [1.82, 2.24) is 14.6 Å². The summed E-state index contributed by atoms with van der Waals surface area (Å²) < 4.78 is 7.09. The van der Waals surface area contributed by atoms with Crippen molar-refractivity contribution >= 4 is 22.9 Å². The van der Waals surface area contributed by atoms with Crippen LogP contribution < -0.4 is 5.32 Å². The summed E-state index contributed by atoms with van der Waals surface area (Å²) in [6, 6.07) is 2.22. The lowest BCUT2D eigenvalue weighted by molar-refractivity contribution is 0.184. The molecule has 2 rings (SSSR count). The number of fused-ring (bicyclic) bond motifs is 1. The average Bonchev–Trinajstić information content (AvgIpc) is 2.84. The molecular formula is C15H23ClN4O. The topological polar surface area (TPSA) is 51.5 Å². The SMILES string of the molecule is COCC(CCCl)Nc1nccn2nc(C(C)(C)C)cc12. The van der Waals surface area contributed by atoms with E-state index in [-0.39, 0.29) is 11.5 Å². The molecule has 0 spiro atoms. The summed E-state index contributed by atoms with van der Waals surface area (Å²) in [5.41, 5.74) is 2.02. The number of ether oxygens (including phenoxy) is 1. The highest BCUT2D eigenvalue weighted by Gasteiger charge is 2.19. The summed E-state index contributed by atoms with van der Waals surface area (Å²) >= 11 is 5.85. The first-order valence-corrected chi connectivity index (χ1v) is 7.65. The maximum atomic E-state index is 5.85. The molecule has 0 aliphatic heterocycles. The molecular weight excluding hydrogens is 288 g/mol. The van der Waals surface area contributed by atoms with Gasteiger partial charge in [-0.3, -0.25) is 0 Å². The van der Waals surface area contributed by atoms with E-state index < -0.39 is 0 Å². The van der Waals surface area contributed by atoms with E-state index in [9.17, 15) is 0 Å². The van der Waals surface area contributed by atoms with Crippen molar-refractivity contribution < 1.29 is 4.74 Å². The summed E-state index contributed by atoms with van der Waals surface area (Å²) in [6.07, 6.45) is 4.43. The van der Waals surface area contributed by atoms with Crippen molar-refractivity contribution in [2.24, 2.45) is 0 Å². The van der Waals surface area contributed by atoms with Crippen LogP contribution in [0.4, 0.5) is 5.82 Å². The van der Waals surface area contributed by atoms with Gasteiger partial charge >= 0.3 is 0 Å². The molecule has 0 saturated heterocycles. The second-order valence-electron chi connectivity index (χ2n) is 6.16. The fourth-order valence-electron chi connectivity index (χ4n) is 2.12. The first-order chi connectivity index (χ1) is 9.95. The van der Waals surface area contributed by atoms with Gasteiger partial charge in [-0.05, 0) is 12.5 Å². The van der Waals surface area contributed by atoms with Crippen molar-refractivity contribution in [3.8, 4) is 0 Å². The summed E-state index contributed by atoms with van der Waals surface area (Å²) in [5, 5.41) is 8.03. The van der Waals surface area contributed by atoms with Crippen LogP contribution in [0, 0.1) is 0 Å². The Labute approximate surface area is 130 Å². The van der Waals surface area contributed by atoms with E-state index in [0.29, 0.717) is 12.5 Å². The van der Waals surface area contributed by atoms with Gasteiger partial charge in [-0.1, -0.05) is 20.8 Å². The summed E-state index contributed by atoms with van der Waals surface area (Å²) in [4.78, 5) is 4.44. The highest BCUT2D eigenvalue weighted by molar-refractivity contribution is 6.17. The van der Waals surface area contributed by atoms with Crippen LogP contribution in [0.2, 0.25) is 0 Å². The van der Waals surface area contributed by atoms with E-state index in [0.717, 1.165) is 23.4 Å². The van der Waals surface area contributed by atoms with Crippen LogP contribution >= 0.6 is 11.6 Å². The average molecular weight is 311 g/mol. The van der Waals surface area contributed by atoms with Gasteiger partial charge in [0.25, 0.3) is 0 Å².